The van der Waals surface area contributed by atoms with E-state index in [0.717, 1.165) is 60.1 Å². The topological polar surface area (TPSA) is 50.4 Å². The highest BCUT2D eigenvalue weighted by Crippen LogP contribution is 2.35. The Morgan fingerprint density at radius 2 is 1.79 bits per heavy atom. The Kier molecular flexibility index (Phi) is 14.1. The van der Waals surface area contributed by atoms with Crippen LogP contribution in [-0.2, 0) is 12.8 Å². The van der Waals surface area contributed by atoms with Crippen LogP contribution in [0.5, 0.6) is 0 Å². The second-order valence-corrected chi connectivity index (χ2v) is 11.2. The number of aliphatic imine (C=N–C) groups is 1. The summed E-state index contributed by atoms with van der Waals surface area (Å²) in [7, 11) is 0. The fourth-order valence-corrected chi connectivity index (χ4v) is 4.47. The van der Waals surface area contributed by atoms with Gasteiger partial charge in [0, 0.05) is 24.5 Å². The number of hydrogen-bond acceptors (Lipinski definition) is 3. The number of rotatable bonds is 15. The maximum Gasteiger partial charge on any atom is 0.0887 e. The molecule has 3 nitrogen and oxygen atoms in total. The second-order valence-electron chi connectivity index (χ2n) is 11.2. The lowest BCUT2D eigenvalue weighted by molar-refractivity contribution is 0.260. The molecule has 3 heteroatoms. The fraction of sp³-hybridized carbons (Fsp3) is 0.457. The zero-order chi connectivity index (χ0) is 28.9. The average Bonchev–Trinajstić information content (AvgIpc) is 2.86. The highest BCUT2D eigenvalue weighted by Gasteiger charge is 2.23. The van der Waals surface area contributed by atoms with Crippen LogP contribution in [-0.4, -0.2) is 19.4 Å². The number of nitrogens with two attached hydrogens (primary N) is 1. The molecular weight excluding hydrogens is 462 g/mol. The molecule has 0 aromatic heterocycles. The van der Waals surface area contributed by atoms with Gasteiger partial charge in [-0.15, -0.1) is 6.58 Å². The molecule has 0 saturated heterocycles. The van der Waals surface area contributed by atoms with Crippen molar-refractivity contribution in [3.8, 4) is 0 Å². The van der Waals surface area contributed by atoms with Gasteiger partial charge in [-0.2, -0.15) is 0 Å². The Balaban J connectivity index is 3.66. The van der Waals surface area contributed by atoms with Gasteiger partial charge in [0.05, 0.1) is 6.67 Å². The summed E-state index contributed by atoms with van der Waals surface area (Å²) in [4.78, 5) is 4.55. The van der Waals surface area contributed by atoms with Gasteiger partial charge in [-0.3, -0.25) is 10.3 Å². The number of benzene rings is 1. The van der Waals surface area contributed by atoms with Crippen molar-refractivity contribution in [3.05, 3.63) is 95.3 Å². The molecule has 0 spiro atoms. The minimum absolute atomic E-state index is 0.197. The lowest BCUT2D eigenvalue weighted by Gasteiger charge is -2.29. The molecule has 3 N–H and O–H groups in total. The molecule has 1 rings (SSSR count). The van der Waals surface area contributed by atoms with Crippen LogP contribution in [0.15, 0.2) is 78.0 Å². The number of nitrogens with zero attached hydrogens (tertiary/aromatic N) is 1. The first kappa shape index (κ1) is 33.1. The van der Waals surface area contributed by atoms with Gasteiger partial charge in [0.1, 0.15) is 0 Å². The zero-order valence-corrected chi connectivity index (χ0v) is 25.5. The first-order valence-corrected chi connectivity index (χ1v) is 14.1. The molecule has 0 bridgehead atoms. The normalized spacial score (nSPS) is 14.2. The van der Waals surface area contributed by atoms with Gasteiger partial charge in [-0.05, 0) is 89.0 Å². The van der Waals surface area contributed by atoms with E-state index >= 15 is 0 Å². The van der Waals surface area contributed by atoms with Crippen LogP contribution in [0, 0.1) is 11.3 Å². The number of hydrogen-bond donors (Lipinski definition) is 2. The lowest BCUT2D eigenvalue weighted by Crippen LogP contribution is -2.20. The van der Waals surface area contributed by atoms with Crippen LogP contribution in [0.3, 0.4) is 0 Å². The van der Waals surface area contributed by atoms with E-state index in [9.17, 15) is 0 Å². The molecule has 1 unspecified atom stereocenters. The Bertz CT molecular complexity index is 1090. The van der Waals surface area contributed by atoms with Gasteiger partial charge in [0.25, 0.3) is 0 Å². The summed E-state index contributed by atoms with van der Waals surface area (Å²) in [5.74, 6) is 0.495. The van der Waals surface area contributed by atoms with Crippen molar-refractivity contribution in [3.63, 3.8) is 0 Å². The van der Waals surface area contributed by atoms with Crippen molar-refractivity contribution >= 4 is 17.4 Å². The largest absolute Gasteiger partial charge is 0.404 e. The molecule has 1 atom stereocenters. The Morgan fingerprint density at radius 1 is 1.13 bits per heavy atom. The van der Waals surface area contributed by atoms with E-state index in [1.54, 1.807) is 6.20 Å². The Hall–Kier alpha value is -2.91. The van der Waals surface area contributed by atoms with Crippen molar-refractivity contribution in [1.82, 2.24) is 5.32 Å². The summed E-state index contributed by atoms with van der Waals surface area (Å²) < 4.78 is 0. The summed E-state index contributed by atoms with van der Waals surface area (Å²) in [5.41, 5.74) is 16.8. The Labute approximate surface area is 234 Å². The van der Waals surface area contributed by atoms with E-state index in [4.69, 9.17) is 5.73 Å². The van der Waals surface area contributed by atoms with Crippen molar-refractivity contribution in [2.24, 2.45) is 22.1 Å². The van der Waals surface area contributed by atoms with E-state index in [1.165, 1.54) is 22.3 Å². The van der Waals surface area contributed by atoms with Crippen molar-refractivity contribution in [1.29, 1.82) is 0 Å². The highest BCUT2D eigenvalue weighted by atomic mass is 15.0. The molecule has 1 aromatic carbocycles. The molecular formula is C35H53N3. The molecule has 0 amide bonds. The molecule has 0 aliphatic rings. The van der Waals surface area contributed by atoms with Crippen LogP contribution >= 0.6 is 0 Å². The van der Waals surface area contributed by atoms with Gasteiger partial charge in [-0.1, -0.05) is 91.5 Å². The maximum atomic E-state index is 6.13. The number of allylic oxidation sites excluding steroid dienone is 7. The lowest BCUT2D eigenvalue weighted by atomic mass is 9.76. The SMILES string of the molecule is C=CCNC/N=C\C(=C/N)c1cc(CC(C)C(C)(C)C)c(/C(C)=C/C(=C)/C(=C\C)C(=C)CCC)cc1CC. The van der Waals surface area contributed by atoms with Crippen molar-refractivity contribution in [2.75, 3.05) is 13.2 Å². The van der Waals surface area contributed by atoms with E-state index in [0.29, 0.717) is 12.6 Å². The van der Waals surface area contributed by atoms with Gasteiger partial charge in [0.2, 0.25) is 0 Å². The predicted octanol–water partition coefficient (Wildman–Crippen LogP) is 8.84. The monoisotopic (exact) mass is 515 g/mol. The third-order valence-corrected chi connectivity index (χ3v) is 7.31. The van der Waals surface area contributed by atoms with Crippen LogP contribution < -0.4 is 11.1 Å². The minimum Gasteiger partial charge on any atom is -0.404 e. The van der Waals surface area contributed by atoms with E-state index in [1.807, 2.05) is 12.3 Å². The standard InChI is InChI=1S/C35H53N3/c1-12-16-25(5)32(15-4)26(6)18-27(7)33-20-29(14-3)34(21-30(33)19-28(8)35(9,10)11)31(22-36)23-38-24-37-17-13-2/h13,15,18,20-23,28,37H,2,5-6,12,14,16-17,19,24,36H2,1,3-4,7-11H3/b27-18+,31-22+,32-15-,38-23-. The third-order valence-electron chi connectivity index (χ3n) is 7.31. The molecule has 0 fully saturated rings. The van der Waals surface area contributed by atoms with E-state index < -0.39 is 0 Å². The Morgan fingerprint density at radius 3 is 2.32 bits per heavy atom. The van der Waals surface area contributed by atoms with E-state index in [-0.39, 0.29) is 5.41 Å². The van der Waals surface area contributed by atoms with Gasteiger partial charge in [-0.25, -0.2) is 0 Å². The quantitative estimate of drug-likeness (QED) is 0.106. The van der Waals surface area contributed by atoms with Crippen LogP contribution in [0.25, 0.3) is 11.1 Å². The van der Waals surface area contributed by atoms with E-state index in [2.05, 4.69) is 110 Å². The highest BCUT2D eigenvalue weighted by molar-refractivity contribution is 6.10. The van der Waals surface area contributed by atoms with Crippen molar-refractivity contribution in [2.45, 2.75) is 81.1 Å². The number of aryl methyl sites for hydroxylation is 1. The minimum atomic E-state index is 0.197. The summed E-state index contributed by atoms with van der Waals surface area (Å²) in [6.07, 6.45) is 13.7. The first-order chi connectivity index (χ1) is 17.9. The van der Waals surface area contributed by atoms with Crippen LogP contribution in [0.4, 0.5) is 0 Å². The molecule has 1 aromatic rings. The van der Waals surface area contributed by atoms with Gasteiger partial charge < -0.3 is 5.73 Å². The maximum absolute atomic E-state index is 6.13. The molecule has 0 aliphatic carbocycles. The van der Waals surface area contributed by atoms with Crippen LogP contribution in [0.2, 0.25) is 0 Å². The third kappa shape index (κ3) is 9.76. The average molecular weight is 516 g/mol. The molecule has 0 saturated carbocycles. The second kappa shape index (κ2) is 16.1. The molecule has 0 radical (unpaired) electrons. The fourth-order valence-electron chi connectivity index (χ4n) is 4.47. The summed E-state index contributed by atoms with van der Waals surface area (Å²) in [5, 5.41) is 3.21. The van der Waals surface area contributed by atoms with Gasteiger partial charge >= 0.3 is 0 Å². The molecule has 38 heavy (non-hydrogen) atoms. The number of nitrogens with one attached hydrogen (secondary N) is 1. The summed E-state index contributed by atoms with van der Waals surface area (Å²) >= 11 is 0. The summed E-state index contributed by atoms with van der Waals surface area (Å²) in [6, 6.07) is 4.69. The summed E-state index contributed by atoms with van der Waals surface area (Å²) in [6.45, 7) is 31.7. The first-order valence-electron chi connectivity index (χ1n) is 14.1. The van der Waals surface area contributed by atoms with Crippen molar-refractivity contribution < 1.29 is 0 Å². The molecule has 0 aliphatic heterocycles. The predicted molar refractivity (Wildman–Crippen MR) is 172 cm³/mol. The van der Waals surface area contributed by atoms with Crippen LogP contribution in [0.1, 0.15) is 90.5 Å². The smallest absolute Gasteiger partial charge is 0.0887 e. The molecule has 208 valence electrons. The zero-order valence-electron chi connectivity index (χ0n) is 25.5. The van der Waals surface area contributed by atoms with Gasteiger partial charge in [0.15, 0.2) is 0 Å². The molecule has 0 heterocycles.